The van der Waals surface area contributed by atoms with Crippen LogP contribution in [0.3, 0.4) is 0 Å². The largest absolute Gasteiger partial charge is 0.346 e. The number of carbonyl (C=O) groups is 1. The van der Waals surface area contributed by atoms with Crippen LogP contribution in [0.15, 0.2) is 47.9 Å². The van der Waals surface area contributed by atoms with Crippen molar-refractivity contribution < 1.29 is 4.79 Å². The molecule has 0 aliphatic heterocycles. The van der Waals surface area contributed by atoms with Crippen molar-refractivity contribution >= 4 is 29.0 Å². The highest BCUT2D eigenvalue weighted by molar-refractivity contribution is 7.98. The summed E-state index contributed by atoms with van der Waals surface area (Å²) in [5.74, 6) is -0.146. The highest BCUT2D eigenvalue weighted by Crippen LogP contribution is 2.21. The normalized spacial score (nSPS) is 10.7. The van der Waals surface area contributed by atoms with Crippen molar-refractivity contribution in [3.05, 3.63) is 58.3 Å². The Morgan fingerprint density at radius 2 is 2.04 bits per heavy atom. The number of hydrogen-bond acceptors (Lipinski definition) is 5. The van der Waals surface area contributed by atoms with Crippen LogP contribution >= 0.6 is 23.1 Å². The number of para-hydroxylation sites is 1. The molecule has 0 radical (unpaired) electrons. The van der Waals surface area contributed by atoms with Gasteiger partial charge in [0, 0.05) is 16.8 Å². The number of benzene rings is 1. The second-order valence-corrected chi connectivity index (χ2v) is 6.92. The number of imidazole rings is 1. The first-order valence-corrected chi connectivity index (χ1v) is 9.10. The molecule has 23 heavy (non-hydrogen) atoms. The smallest absolute Gasteiger partial charge is 0.270 e. The second-order valence-electron chi connectivity index (χ2n) is 4.83. The SMILES string of the molecule is CSc1ncc(C(=O)NCc2cnc(C)s2)n1-c1ccccc1. The van der Waals surface area contributed by atoms with Crippen LogP contribution in [0.25, 0.3) is 5.69 Å². The third-order valence-electron chi connectivity index (χ3n) is 3.25. The first-order chi connectivity index (χ1) is 11.2. The third kappa shape index (κ3) is 3.46. The monoisotopic (exact) mass is 344 g/mol. The molecule has 0 saturated carbocycles. The number of thiazole rings is 1. The van der Waals surface area contributed by atoms with E-state index >= 15 is 0 Å². The van der Waals surface area contributed by atoms with Gasteiger partial charge in [-0.3, -0.25) is 9.36 Å². The van der Waals surface area contributed by atoms with E-state index in [-0.39, 0.29) is 5.91 Å². The molecular formula is C16H16N4OS2. The maximum atomic E-state index is 12.6. The van der Waals surface area contributed by atoms with Gasteiger partial charge in [0.15, 0.2) is 5.16 Å². The summed E-state index contributed by atoms with van der Waals surface area (Å²) < 4.78 is 1.87. The van der Waals surface area contributed by atoms with E-state index in [4.69, 9.17) is 0 Å². The quantitative estimate of drug-likeness (QED) is 0.722. The van der Waals surface area contributed by atoms with Gasteiger partial charge >= 0.3 is 0 Å². The van der Waals surface area contributed by atoms with E-state index in [1.54, 1.807) is 23.7 Å². The molecule has 2 aromatic heterocycles. The summed E-state index contributed by atoms with van der Waals surface area (Å²) in [6.45, 7) is 2.42. The summed E-state index contributed by atoms with van der Waals surface area (Å²) in [4.78, 5) is 22.1. The number of hydrogen-bond donors (Lipinski definition) is 1. The number of amides is 1. The third-order valence-corrected chi connectivity index (χ3v) is 4.82. The molecule has 1 amide bonds. The maximum Gasteiger partial charge on any atom is 0.270 e. The van der Waals surface area contributed by atoms with Gasteiger partial charge in [0.2, 0.25) is 0 Å². The van der Waals surface area contributed by atoms with Gasteiger partial charge in [0.1, 0.15) is 5.69 Å². The lowest BCUT2D eigenvalue weighted by molar-refractivity contribution is 0.0944. The summed E-state index contributed by atoms with van der Waals surface area (Å²) in [7, 11) is 0. The van der Waals surface area contributed by atoms with Crippen molar-refractivity contribution in [1.29, 1.82) is 0 Å². The Morgan fingerprint density at radius 3 is 2.70 bits per heavy atom. The van der Waals surface area contributed by atoms with Crippen LogP contribution < -0.4 is 5.32 Å². The van der Waals surface area contributed by atoms with Crippen molar-refractivity contribution in [2.45, 2.75) is 18.6 Å². The Labute approximate surface area is 142 Å². The molecule has 118 valence electrons. The molecule has 7 heteroatoms. The standard InChI is InChI=1S/C16H16N4OS2/c1-11-17-8-13(23-11)9-18-15(21)14-10-19-16(22-2)20(14)12-6-4-3-5-7-12/h3-8,10H,9H2,1-2H3,(H,18,21). The van der Waals surface area contributed by atoms with Crippen molar-refractivity contribution in [3.63, 3.8) is 0 Å². The first kappa shape index (κ1) is 15.8. The predicted octanol–water partition coefficient (Wildman–Crippen LogP) is 3.29. The van der Waals surface area contributed by atoms with Crippen LogP contribution in [0.1, 0.15) is 20.4 Å². The molecule has 1 N–H and O–H groups in total. The van der Waals surface area contributed by atoms with Gasteiger partial charge in [0.25, 0.3) is 5.91 Å². The van der Waals surface area contributed by atoms with E-state index in [2.05, 4.69) is 15.3 Å². The zero-order valence-corrected chi connectivity index (χ0v) is 14.4. The molecule has 2 heterocycles. The van der Waals surface area contributed by atoms with E-state index < -0.39 is 0 Å². The van der Waals surface area contributed by atoms with E-state index in [1.165, 1.54) is 11.8 Å². The fourth-order valence-electron chi connectivity index (χ4n) is 2.21. The lowest BCUT2D eigenvalue weighted by Crippen LogP contribution is -2.25. The minimum absolute atomic E-state index is 0.146. The average Bonchev–Trinajstić information content (AvgIpc) is 3.19. The second kappa shape index (κ2) is 6.97. The molecule has 0 atom stereocenters. The van der Waals surface area contributed by atoms with E-state index in [9.17, 15) is 4.79 Å². The number of aromatic nitrogens is 3. The molecule has 0 spiro atoms. The van der Waals surface area contributed by atoms with Crippen LogP contribution in [0.4, 0.5) is 0 Å². The number of rotatable bonds is 5. The van der Waals surface area contributed by atoms with Gasteiger partial charge in [-0.05, 0) is 25.3 Å². The minimum atomic E-state index is -0.146. The fourth-order valence-corrected chi connectivity index (χ4v) is 3.49. The molecule has 0 unspecified atom stereocenters. The summed E-state index contributed by atoms with van der Waals surface area (Å²) in [6.07, 6.45) is 5.36. The van der Waals surface area contributed by atoms with Crippen molar-refractivity contribution in [2.24, 2.45) is 0 Å². The van der Waals surface area contributed by atoms with E-state index in [0.717, 1.165) is 20.7 Å². The Bertz CT molecular complexity index is 811. The Kier molecular flexibility index (Phi) is 4.78. The number of aryl methyl sites for hydroxylation is 1. The van der Waals surface area contributed by atoms with E-state index in [0.29, 0.717) is 12.2 Å². The number of thioether (sulfide) groups is 1. The van der Waals surface area contributed by atoms with E-state index in [1.807, 2.05) is 48.1 Å². The summed E-state index contributed by atoms with van der Waals surface area (Å²) >= 11 is 3.09. The van der Waals surface area contributed by atoms with Crippen LogP contribution in [0, 0.1) is 6.92 Å². The Balaban J connectivity index is 1.84. The number of carbonyl (C=O) groups excluding carboxylic acids is 1. The maximum absolute atomic E-state index is 12.6. The summed E-state index contributed by atoms with van der Waals surface area (Å²) in [6, 6.07) is 9.77. The highest BCUT2D eigenvalue weighted by Gasteiger charge is 2.17. The number of nitrogens with one attached hydrogen (secondary N) is 1. The van der Waals surface area contributed by atoms with Crippen LogP contribution in [-0.4, -0.2) is 26.7 Å². The molecule has 0 fully saturated rings. The summed E-state index contributed by atoms with van der Waals surface area (Å²) in [5.41, 5.74) is 1.45. The zero-order chi connectivity index (χ0) is 16.2. The molecule has 1 aromatic carbocycles. The van der Waals surface area contributed by atoms with Crippen molar-refractivity contribution in [3.8, 4) is 5.69 Å². The van der Waals surface area contributed by atoms with Crippen LogP contribution in [-0.2, 0) is 6.54 Å². The topological polar surface area (TPSA) is 59.8 Å². The zero-order valence-electron chi connectivity index (χ0n) is 12.8. The molecule has 0 aliphatic rings. The van der Waals surface area contributed by atoms with Gasteiger partial charge in [-0.15, -0.1) is 11.3 Å². The summed E-state index contributed by atoms with van der Waals surface area (Å²) in [5, 5.41) is 4.72. The fraction of sp³-hybridized carbons (Fsp3) is 0.188. The molecule has 3 rings (SSSR count). The lowest BCUT2D eigenvalue weighted by atomic mass is 10.3. The average molecular weight is 344 g/mol. The Hall–Kier alpha value is -2.12. The van der Waals surface area contributed by atoms with Gasteiger partial charge in [-0.25, -0.2) is 9.97 Å². The predicted molar refractivity (Wildman–Crippen MR) is 93.4 cm³/mol. The Morgan fingerprint density at radius 1 is 1.26 bits per heavy atom. The van der Waals surface area contributed by atoms with Crippen LogP contribution in [0.5, 0.6) is 0 Å². The molecular weight excluding hydrogens is 328 g/mol. The van der Waals surface area contributed by atoms with Crippen molar-refractivity contribution in [1.82, 2.24) is 19.9 Å². The molecule has 0 bridgehead atoms. The lowest BCUT2D eigenvalue weighted by Gasteiger charge is -2.10. The van der Waals surface area contributed by atoms with Gasteiger partial charge < -0.3 is 5.32 Å². The molecule has 0 saturated heterocycles. The van der Waals surface area contributed by atoms with Crippen molar-refractivity contribution in [2.75, 3.05) is 6.26 Å². The van der Waals surface area contributed by atoms with Gasteiger partial charge in [-0.2, -0.15) is 0 Å². The number of nitrogens with zero attached hydrogens (tertiary/aromatic N) is 3. The van der Waals surface area contributed by atoms with Crippen LogP contribution in [0.2, 0.25) is 0 Å². The van der Waals surface area contributed by atoms with Gasteiger partial charge in [0.05, 0.1) is 17.7 Å². The molecule has 3 aromatic rings. The molecule has 5 nitrogen and oxygen atoms in total. The van der Waals surface area contributed by atoms with Gasteiger partial charge in [-0.1, -0.05) is 30.0 Å². The minimum Gasteiger partial charge on any atom is -0.346 e. The first-order valence-electron chi connectivity index (χ1n) is 7.05. The molecule has 0 aliphatic carbocycles. The highest BCUT2D eigenvalue weighted by atomic mass is 32.2.